The van der Waals surface area contributed by atoms with E-state index in [1.54, 1.807) is 6.20 Å². The molecule has 4 nitrogen and oxygen atoms in total. The number of rotatable bonds is 6. The quantitative estimate of drug-likeness (QED) is 0.305. The summed E-state index contributed by atoms with van der Waals surface area (Å²) in [4.78, 5) is 4.19. The van der Waals surface area contributed by atoms with Gasteiger partial charge in [-0.05, 0) is 24.2 Å². The molecule has 0 atom stereocenters. The van der Waals surface area contributed by atoms with Crippen LogP contribution in [0.4, 0.5) is 0 Å². The van der Waals surface area contributed by atoms with Crippen molar-refractivity contribution in [3.05, 3.63) is 46.7 Å². The first-order chi connectivity index (χ1) is 11.8. The van der Waals surface area contributed by atoms with Crippen molar-refractivity contribution < 1.29 is 4.74 Å². The topological polar surface area (TPSA) is 39.9 Å². The first-order valence-electron chi connectivity index (χ1n) is 8.19. The fraction of sp³-hybridized carbons (Fsp3) is 0.333. The molecule has 0 amide bonds. The number of benzene rings is 1. The van der Waals surface area contributed by atoms with E-state index >= 15 is 0 Å². The number of halogens is 2. The highest BCUT2D eigenvalue weighted by Gasteiger charge is 2.15. The van der Waals surface area contributed by atoms with E-state index in [-0.39, 0.29) is 0 Å². The van der Waals surface area contributed by atoms with Crippen molar-refractivity contribution in [1.29, 1.82) is 0 Å². The molecule has 0 aliphatic rings. The molecule has 0 saturated carbocycles. The van der Waals surface area contributed by atoms with Gasteiger partial charge in [-0.15, -0.1) is 0 Å². The Morgan fingerprint density at radius 3 is 2.68 bits per heavy atom. The minimum Gasteiger partial charge on any atom is -0.360 e. The number of pyridine rings is 1. The molecule has 0 radical (unpaired) electrons. The molecule has 0 unspecified atom stereocenters. The van der Waals surface area contributed by atoms with Gasteiger partial charge in [0.15, 0.2) is 0 Å². The van der Waals surface area contributed by atoms with E-state index in [9.17, 15) is 0 Å². The number of hydrogen-bond donors (Lipinski definition) is 0. The van der Waals surface area contributed by atoms with Gasteiger partial charge in [0, 0.05) is 30.7 Å². The third-order valence-corrected chi connectivity index (χ3v) is 6.06. The summed E-state index contributed by atoms with van der Waals surface area (Å²) in [6.07, 6.45) is 1.74. The fourth-order valence-electron chi connectivity index (χ4n) is 2.52. The second-order valence-corrected chi connectivity index (χ2v) is 13.7. The van der Waals surface area contributed by atoms with E-state index in [2.05, 4.69) is 24.6 Å². The van der Waals surface area contributed by atoms with E-state index in [1.165, 1.54) is 0 Å². The van der Waals surface area contributed by atoms with Crippen molar-refractivity contribution in [2.45, 2.75) is 32.4 Å². The largest absolute Gasteiger partial charge is 0.360 e. The molecule has 25 heavy (non-hydrogen) atoms. The standard InChI is InChI=1S/C18H21Cl2N3OSi/c1-25(2,3)8-7-24-12-23-16-11-21-17(20)10-15(16)18(22-23)13-5-4-6-14(19)9-13/h4-6,9-11H,7-8,12H2,1-3H3. The van der Waals surface area contributed by atoms with Crippen molar-refractivity contribution in [2.75, 3.05) is 6.61 Å². The Kier molecular flexibility index (Phi) is 5.48. The number of hydrogen-bond acceptors (Lipinski definition) is 3. The maximum atomic E-state index is 6.14. The summed E-state index contributed by atoms with van der Waals surface area (Å²) in [5.41, 5.74) is 2.67. The number of aromatic nitrogens is 3. The van der Waals surface area contributed by atoms with Crippen LogP contribution in [0.15, 0.2) is 36.5 Å². The summed E-state index contributed by atoms with van der Waals surface area (Å²) in [5.74, 6) is 0. The van der Waals surface area contributed by atoms with Gasteiger partial charge in [-0.25, -0.2) is 9.67 Å². The lowest BCUT2D eigenvalue weighted by atomic mass is 10.1. The second-order valence-electron chi connectivity index (χ2n) is 7.23. The predicted molar refractivity (Wildman–Crippen MR) is 107 cm³/mol. The first-order valence-corrected chi connectivity index (χ1v) is 12.7. The monoisotopic (exact) mass is 393 g/mol. The molecule has 3 rings (SSSR count). The van der Waals surface area contributed by atoms with Gasteiger partial charge < -0.3 is 4.74 Å². The number of ether oxygens (including phenoxy) is 1. The van der Waals surface area contributed by atoms with Crippen LogP contribution in [0, 0.1) is 0 Å². The van der Waals surface area contributed by atoms with E-state index in [4.69, 9.17) is 33.0 Å². The molecule has 0 aliphatic carbocycles. The van der Waals surface area contributed by atoms with Crippen LogP contribution < -0.4 is 0 Å². The van der Waals surface area contributed by atoms with Gasteiger partial charge in [0.05, 0.1) is 11.7 Å². The average Bonchev–Trinajstić information content (AvgIpc) is 2.88. The lowest BCUT2D eigenvalue weighted by Gasteiger charge is -2.15. The maximum absolute atomic E-state index is 6.14. The van der Waals surface area contributed by atoms with Crippen LogP contribution in [0.1, 0.15) is 0 Å². The molecule has 1 aromatic carbocycles. The van der Waals surface area contributed by atoms with Crippen molar-refractivity contribution in [3.63, 3.8) is 0 Å². The third-order valence-electron chi connectivity index (χ3n) is 3.91. The lowest BCUT2D eigenvalue weighted by Crippen LogP contribution is -2.22. The molecule has 7 heteroatoms. The van der Waals surface area contributed by atoms with E-state index in [0.717, 1.165) is 34.8 Å². The Balaban J connectivity index is 1.92. The average molecular weight is 394 g/mol. The molecule has 0 bridgehead atoms. The summed E-state index contributed by atoms with van der Waals surface area (Å²) in [7, 11) is -1.11. The minimum absolute atomic E-state index is 0.394. The Morgan fingerprint density at radius 1 is 1.16 bits per heavy atom. The highest BCUT2D eigenvalue weighted by Crippen LogP contribution is 2.30. The Bertz CT molecular complexity index is 890. The van der Waals surface area contributed by atoms with Crippen LogP contribution in [-0.2, 0) is 11.5 Å². The van der Waals surface area contributed by atoms with Crippen LogP contribution in [0.2, 0.25) is 35.9 Å². The molecule has 0 fully saturated rings. The molecule has 2 heterocycles. The predicted octanol–water partition coefficient (Wildman–Crippen LogP) is 5.72. The maximum Gasteiger partial charge on any atom is 0.140 e. The van der Waals surface area contributed by atoms with Crippen LogP contribution in [-0.4, -0.2) is 29.4 Å². The lowest BCUT2D eigenvalue weighted by molar-refractivity contribution is 0.0818. The number of nitrogens with zero attached hydrogens (tertiary/aromatic N) is 3. The summed E-state index contributed by atoms with van der Waals surface area (Å²) >= 11 is 12.2. The van der Waals surface area contributed by atoms with E-state index in [1.807, 2.05) is 35.0 Å². The molecule has 0 saturated heterocycles. The summed E-state index contributed by atoms with van der Waals surface area (Å²) < 4.78 is 7.69. The summed E-state index contributed by atoms with van der Waals surface area (Å²) in [6.45, 7) is 8.14. The van der Waals surface area contributed by atoms with Gasteiger partial charge in [0.25, 0.3) is 0 Å². The minimum atomic E-state index is -1.11. The third kappa shape index (κ3) is 4.61. The van der Waals surface area contributed by atoms with Crippen molar-refractivity contribution in [1.82, 2.24) is 14.8 Å². The van der Waals surface area contributed by atoms with Crippen molar-refractivity contribution >= 4 is 42.2 Å². The Labute approximate surface area is 158 Å². The zero-order valence-corrected chi connectivity index (χ0v) is 17.1. The van der Waals surface area contributed by atoms with Gasteiger partial charge in [-0.1, -0.05) is 55.0 Å². The molecular formula is C18H21Cl2N3OSi. The zero-order chi connectivity index (χ0) is 18.0. The molecule has 2 aromatic heterocycles. The molecule has 3 aromatic rings. The smallest absolute Gasteiger partial charge is 0.140 e. The normalized spacial score (nSPS) is 12.0. The molecule has 0 spiro atoms. The number of fused-ring (bicyclic) bond motifs is 1. The van der Waals surface area contributed by atoms with Crippen LogP contribution in [0.3, 0.4) is 0 Å². The van der Waals surface area contributed by atoms with Crippen LogP contribution >= 0.6 is 23.2 Å². The fourth-order valence-corrected chi connectivity index (χ4v) is 3.63. The first kappa shape index (κ1) is 18.4. The van der Waals surface area contributed by atoms with Crippen molar-refractivity contribution in [3.8, 4) is 11.3 Å². The summed E-state index contributed by atoms with van der Waals surface area (Å²) in [5, 5.41) is 6.78. The van der Waals surface area contributed by atoms with Gasteiger partial charge in [0.1, 0.15) is 17.6 Å². The highest BCUT2D eigenvalue weighted by molar-refractivity contribution is 6.76. The molecule has 132 valence electrons. The SMILES string of the molecule is C[Si](C)(C)CCOCn1nc(-c2cccc(Cl)c2)c2cc(Cl)ncc21. The van der Waals surface area contributed by atoms with E-state index < -0.39 is 8.07 Å². The molecular weight excluding hydrogens is 373 g/mol. The zero-order valence-electron chi connectivity index (χ0n) is 14.6. The van der Waals surface area contributed by atoms with Crippen molar-refractivity contribution in [2.24, 2.45) is 0 Å². The van der Waals surface area contributed by atoms with Gasteiger partial charge >= 0.3 is 0 Å². The Hall–Kier alpha value is -1.40. The second kappa shape index (κ2) is 7.46. The highest BCUT2D eigenvalue weighted by atomic mass is 35.5. The summed E-state index contributed by atoms with van der Waals surface area (Å²) in [6, 6.07) is 10.6. The van der Waals surface area contributed by atoms with Crippen LogP contribution in [0.5, 0.6) is 0 Å². The molecule has 0 N–H and O–H groups in total. The van der Waals surface area contributed by atoms with Gasteiger partial charge in [-0.3, -0.25) is 0 Å². The Morgan fingerprint density at radius 2 is 1.96 bits per heavy atom. The van der Waals surface area contributed by atoms with E-state index in [0.29, 0.717) is 16.9 Å². The molecule has 0 aliphatic heterocycles. The van der Waals surface area contributed by atoms with Crippen LogP contribution in [0.25, 0.3) is 22.2 Å². The van der Waals surface area contributed by atoms with Gasteiger partial charge in [-0.2, -0.15) is 5.10 Å². The van der Waals surface area contributed by atoms with Gasteiger partial charge in [0.2, 0.25) is 0 Å².